The van der Waals surface area contributed by atoms with E-state index in [1.165, 1.54) is 12.3 Å². The number of hydrogen-bond acceptors (Lipinski definition) is 2. The van der Waals surface area contributed by atoms with E-state index >= 15 is 0 Å². The molecule has 0 aliphatic rings. The molecule has 0 aromatic carbocycles. The van der Waals surface area contributed by atoms with Gasteiger partial charge in [0.25, 0.3) is 5.91 Å². The van der Waals surface area contributed by atoms with Crippen molar-refractivity contribution >= 4 is 29.1 Å². The lowest BCUT2D eigenvalue weighted by Crippen LogP contribution is -2.33. The van der Waals surface area contributed by atoms with E-state index in [2.05, 4.69) is 24.1 Å². The van der Waals surface area contributed by atoms with Crippen LogP contribution in [-0.4, -0.2) is 16.9 Å². The molecule has 5 heteroatoms. The molecule has 0 fully saturated rings. The maximum Gasteiger partial charge on any atom is 0.253 e. The van der Waals surface area contributed by atoms with Gasteiger partial charge in [-0.1, -0.05) is 37.0 Å². The van der Waals surface area contributed by atoms with E-state index < -0.39 is 0 Å². The summed E-state index contributed by atoms with van der Waals surface area (Å²) in [5.41, 5.74) is 0.363. The Bertz CT molecular complexity index is 407. The Kier molecular flexibility index (Phi) is 5.22. The van der Waals surface area contributed by atoms with Crippen LogP contribution >= 0.6 is 23.2 Å². The number of aromatic nitrogens is 1. The summed E-state index contributed by atoms with van der Waals surface area (Å²) in [6.07, 6.45) is 2.30. The fraction of sp³-hybridized carbons (Fsp3) is 0.500. The first-order chi connectivity index (χ1) is 7.90. The predicted octanol–water partition coefficient (Wildman–Crippen LogP) is 3.55. The lowest BCUT2D eigenvalue weighted by molar-refractivity contribution is 0.0936. The van der Waals surface area contributed by atoms with E-state index in [0.717, 1.165) is 6.42 Å². The molecule has 0 radical (unpaired) electrons. The number of halogens is 2. The average molecular weight is 275 g/mol. The topological polar surface area (TPSA) is 42.0 Å². The molecule has 0 aliphatic carbocycles. The van der Waals surface area contributed by atoms with Crippen LogP contribution in [0.25, 0.3) is 0 Å². The van der Waals surface area contributed by atoms with Crippen LogP contribution < -0.4 is 5.32 Å². The van der Waals surface area contributed by atoms with Crippen molar-refractivity contribution in [2.45, 2.75) is 33.2 Å². The molecule has 0 aliphatic heterocycles. The second-order valence-corrected chi connectivity index (χ2v) is 5.29. The Morgan fingerprint density at radius 1 is 1.41 bits per heavy atom. The smallest absolute Gasteiger partial charge is 0.253 e. The van der Waals surface area contributed by atoms with E-state index in [1.54, 1.807) is 0 Å². The minimum atomic E-state index is -0.215. The Hall–Kier alpha value is -0.800. The number of rotatable bonds is 4. The maximum atomic E-state index is 11.9. The molecular formula is C12H16Cl2N2O. The highest BCUT2D eigenvalue weighted by Gasteiger charge is 2.14. The van der Waals surface area contributed by atoms with Gasteiger partial charge in [0, 0.05) is 12.2 Å². The summed E-state index contributed by atoms with van der Waals surface area (Å²) < 4.78 is 0. The largest absolute Gasteiger partial charge is 0.350 e. The fourth-order valence-electron chi connectivity index (χ4n) is 1.65. The minimum absolute atomic E-state index is 0.102. The summed E-state index contributed by atoms with van der Waals surface area (Å²) >= 11 is 11.6. The first kappa shape index (κ1) is 14.3. The molecule has 1 aromatic heterocycles. The Labute approximate surface area is 112 Å². The van der Waals surface area contributed by atoms with Crippen molar-refractivity contribution in [1.82, 2.24) is 10.3 Å². The van der Waals surface area contributed by atoms with E-state index in [-0.39, 0.29) is 17.1 Å². The Morgan fingerprint density at radius 3 is 2.65 bits per heavy atom. The third-order valence-corrected chi connectivity index (χ3v) is 2.78. The highest BCUT2D eigenvalue weighted by Crippen LogP contribution is 2.18. The van der Waals surface area contributed by atoms with Crippen LogP contribution in [0.4, 0.5) is 0 Å². The van der Waals surface area contributed by atoms with Crippen LogP contribution in [0, 0.1) is 5.92 Å². The minimum Gasteiger partial charge on any atom is -0.350 e. The quantitative estimate of drug-likeness (QED) is 0.854. The predicted molar refractivity (Wildman–Crippen MR) is 70.6 cm³/mol. The number of nitrogens with one attached hydrogen (secondary N) is 1. The summed E-state index contributed by atoms with van der Waals surface area (Å²) in [5.74, 6) is 0.314. The molecule has 1 N–H and O–H groups in total. The number of carbonyl (C=O) groups excluding carboxylic acids is 1. The molecule has 0 saturated carbocycles. The Morgan fingerprint density at radius 2 is 2.06 bits per heavy atom. The fourth-order valence-corrected chi connectivity index (χ4v) is 2.00. The maximum absolute atomic E-state index is 11.9. The van der Waals surface area contributed by atoms with Gasteiger partial charge >= 0.3 is 0 Å². The Balaban J connectivity index is 2.73. The van der Waals surface area contributed by atoms with Crippen molar-refractivity contribution in [2.24, 2.45) is 5.92 Å². The van der Waals surface area contributed by atoms with E-state index in [9.17, 15) is 4.79 Å². The van der Waals surface area contributed by atoms with Crippen LogP contribution in [0.1, 0.15) is 37.6 Å². The van der Waals surface area contributed by atoms with Crippen LogP contribution in [0.2, 0.25) is 10.2 Å². The van der Waals surface area contributed by atoms with Gasteiger partial charge < -0.3 is 5.32 Å². The number of carbonyl (C=O) groups is 1. The van der Waals surface area contributed by atoms with Crippen LogP contribution in [0.15, 0.2) is 12.3 Å². The van der Waals surface area contributed by atoms with Gasteiger partial charge in [0.05, 0.1) is 10.6 Å². The van der Waals surface area contributed by atoms with Gasteiger partial charge in [0.2, 0.25) is 0 Å². The summed E-state index contributed by atoms with van der Waals surface area (Å²) in [6.45, 7) is 6.19. The molecule has 0 bridgehead atoms. The monoisotopic (exact) mass is 274 g/mol. The molecule has 1 rings (SSSR count). The van der Waals surface area contributed by atoms with Gasteiger partial charge in [-0.15, -0.1) is 0 Å². The molecule has 1 unspecified atom stereocenters. The van der Waals surface area contributed by atoms with Gasteiger partial charge in [-0.05, 0) is 25.3 Å². The molecule has 17 heavy (non-hydrogen) atoms. The number of hydrogen-bond donors (Lipinski definition) is 1. The molecular weight excluding hydrogens is 259 g/mol. The van der Waals surface area contributed by atoms with Crippen molar-refractivity contribution in [1.29, 1.82) is 0 Å². The molecule has 94 valence electrons. The van der Waals surface area contributed by atoms with Gasteiger partial charge in [-0.25, -0.2) is 4.98 Å². The molecule has 0 saturated heterocycles. The summed E-state index contributed by atoms with van der Waals surface area (Å²) in [7, 11) is 0. The first-order valence-electron chi connectivity index (χ1n) is 5.52. The van der Waals surface area contributed by atoms with E-state index in [1.807, 2.05) is 6.92 Å². The third-order valence-electron chi connectivity index (χ3n) is 2.27. The van der Waals surface area contributed by atoms with Crippen LogP contribution in [0.5, 0.6) is 0 Å². The van der Waals surface area contributed by atoms with Gasteiger partial charge in [0.15, 0.2) is 0 Å². The second-order valence-electron chi connectivity index (χ2n) is 4.49. The van der Waals surface area contributed by atoms with Gasteiger partial charge in [0.1, 0.15) is 5.15 Å². The zero-order valence-electron chi connectivity index (χ0n) is 10.1. The standard InChI is InChI=1S/C12H16Cl2N2O/c1-7(2)4-8(3)16-12(17)9-5-11(14)15-6-10(9)13/h5-8H,4H2,1-3H3,(H,16,17). The van der Waals surface area contributed by atoms with Crippen molar-refractivity contribution in [3.63, 3.8) is 0 Å². The number of nitrogens with zero attached hydrogens (tertiary/aromatic N) is 1. The van der Waals surface area contributed by atoms with Crippen LogP contribution in [0.3, 0.4) is 0 Å². The third kappa shape index (κ3) is 4.52. The molecule has 1 amide bonds. The number of amides is 1. The van der Waals surface area contributed by atoms with Gasteiger partial charge in [-0.3, -0.25) is 4.79 Å². The van der Waals surface area contributed by atoms with E-state index in [0.29, 0.717) is 16.5 Å². The van der Waals surface area contributed by atoms with Crippen molar-refractivity contribution in [3.8, 4) is 0 Å². The summed E-state index contributed by atoms with van der Waals surface area (Å²) in [5, 5.41) is 3.45. The highest BCUT2D eigenvalue weighted by molar-refractivity contribution is 6.35. The number of pyridine rings is 1. The van der Waals surface area contributed by atoms with Crippen LogP contribution in [-0.2, 0) is 0 Å². The molecule has 1 aromatic rings. The van der Waals surface area contributed by atoms with Crippen molar-refractivity contribution < 1.29 is 4.79 Å². The summed E-state index contributed by atoms with van der Waals surface area (Å²) in [6, 6.07) is 1.58. The lowest BCUT2D eigenvalue weighted by atomic mass is 10.1. The summed E-state index contributed by atoms with van der Waals surface area (Å²) in [4.78, 5) is 15.7. The van der Waals surface area contributed by atoms with Crippen molar-refractivity contribution in [2.75, 3.05) is 0 Å². The molecule has 0 spiro atoms. The average Bonchev–Trinajstić information content (AvgIpc) is 2.20. The zero-order chi connectivity index (χ0) is 13.0. The first-order valence-corrected chi connectivity index (χ1v) is 6.27. The molecule has 3 nitrogen and oxygen atoms in total. The normalized spacial score (nSPS) is 12.6. The zero-order valence-corrected chi connectivity index (χ0v) is 11.6. The second kappa shape index (κ2) is 6.22. The highest BCUT2D eigenvalue weighted by atomic mass is 35.5. The lowest BCUT2D eigenvalue weighted by Gasteiger charge is -2.16. The molecule has 1 atom stereocenters. The van der Waals surface area contributed by atoms with Crippen molar-refractivity contribution in [3.05, 3.63) is 28.0 Å². The van der Waals surface area contributed by atoms with E-state index in [4.69, 9.17) is 23.2 Å². The van der Waals surface area contributed by atoms with Gasteiger partial charge in [-0.2, -0.15) is 0 Å². The molecule has 1 heterocycles. The SMILES string of the molecule is CC(C)CC(C)NC(=O)c1cc(Cl)ncc1Cl.